The fraction of sp³-hybridized carbons (Fsp3) is 0.0667. The maximum atomic E-state index is 11.9. The molecule has 0 unspecified atom stereocenters. The lowest BCUT2D eigenvalue weighted by Crippen LogP contribution is -2.20. The highest BCUT2D eigenvalue weighted by molar-refractivity contribution is 6.00. The van der Waals surface area contributed by atoms with Gasteiger partial charge in [0.25, 0.3) is 0 Å². The highest BCUT2D eigenvalue weighted by Crippen LogP contribution is 2.18. The van der Waals surface area contributed by atoms with Crippen LogP contribution in [0.25, 0.3) is 0 Å². The number of carbonyl (C=O) groups is 1. The van der Waals surface area contributed by atoms with Crippen LogP contribution in [0.3, 0.4) is 0 Å². The van der Waals surface area contributed by atoms with Crippen molar-refractivity contribution >= 4 is 23.1 Å². The van der Waals surface area contributed by atoms with Gasteiger partial charge in [-0.05, 0) is 37.3 Å². The highest BCUT2D eigenvalue weighted by Gasteiger charge is 2.07. The second-order valence-corrected chi connectivity index (χ2v) is 4.36. The van der Waals surface area contributed by atoms with E-state index in [0.29, 0.717) is 22.6 Å². The summed E-state index contributed by atoms with van der Waals surface area (Å²) >= 11 is 0. The summed E-state index contributed by atoms with van der Waals surface area (Å²) < 4.78 is 0. The molecule has 0 heterocycles. The van der Waals surface area contributed by atoms with Crippen LogP contribution >= 0.6 is 0 Å². The molecular formula is C15H14N4O. The second kappa shape index (κ2) is 5.76. The SMILES string of the molecule is Cc1ccc(NC(=O)Nc2ccc(N)cc2C#N)cc1. The Morgan fingerprint density at radius 3 is 2.50 bits per heavy atom. The Labute approximate surface area is 117 Å². The molecule has 4 N–H and O–H groups in total. The van der Waals surface area contributed by atoms with E-state index in [1.807, 2.05) is 37.3 Å². The van der Waals surface area contributed by atoms with Crippen molar-refractivity contribution in [2.45, 2.75) is 6.92 Å². The predicted octanol–water partition coefficient (Wildman–Crippen LogP) is 3.09. The zero-order valence-corrected chi connectivity index (χ0v) is 11.0. The predicted molar refractivity (Wildman–Crippen MR) is 79.4 cm³/mol. The standard InChI is InChI=1S/C15H14N4O/c1-10-2-5-13(6-3-10)18-15(20)19-14-7-4-12(17)8-11(14)9-16/h2-8H,17H2,1H3,(H2,18,19,20). The molecule has 0 saturated heterocycles. The van der Waals surface area contributed by atoms with Gasteiger partial charge in [-0.2, -0.15) is 5.26 Å². The number of nitrogens with one attached hydrogen (secondary N) is 2. The monoisotopic (exact) mass is 266 g/mol. The van der Waals surface area contributed by atoms with Crippen LogP contribution in [0.4, 0.5) is 21.9 Å². The Balaban J connectivity index is 2.09. The summed E-state index contributed by atoms with van der Waals surface area (Å²) in [6.45, 7) is 1.97. The number of nitriles is 1. The van der Waals surface area contributed by atoms with Crippen LogP contribution in [0, 0.1) is 18.3 Å². The minimum absolute atomic E-state index is 0.323. The number of hydrogen-bond acceptors (Lipinski definition) is 3. The molecule has 0 aromatic heterocycles. The maximum absolute atomic E-state index is 11.9. The van der Waals surface area contributed by atoms with E-state index in [9.17, 15) is 4.79 Å². The number of benzene rings is 2. The largest absolute Gasteiger partial charge is 0.399 e. The molecule has 100 valence electrons. The molecule has 0 spiro atoms. The number of aryl methyl sites for hydroxylation is 1. The van der Waals surface area contributed by atoms with Crippen LogP contribution in [0.1, 0.15) is 11.1 Å². The zero-order valence-electron chi connectivity index (χ0n) is 11.0. The maximum Gasteiger partial charge on any atom is 0.323 e. The number of rotatable bonds is 2. The Morgan fingerprint density at radius 2 is 1.85 bits per heavy atom. The molecule has 0 bridgehead atoms. The first-order chi connectivity index (χ1) is 9.58. The Kier molecular flexibility index (Phi) is 3.87. The van der Waals surface area contributed by atoms with E-state index in [1.54, 1.807) is 12.1 Å². The fourth-order valence-electron chi connectivity index (χ4n) is 1.68. The van der Waals surface area contributed by atoms with Gasteiger partial charge in [0.15, 0.2) is 0 Å². The van der Waals surface area contributed by atoms with Gasteiger partial charge in [-0.15, -0.1) is 0 Å². The normalized spacial score (nSPS) is 9.60. The van der Waals surface area contributed by atoms with Crippen molar-refractivity contribution in [1.29, 1.82) is 5.26 Å². The molecule has 5 heteroatoms. The molecule has 2 aromatic rings. The van der Waals surface area contributed by atoms with Gasteiger partial charge in [0.1, 0.15) is 6.07 Å². The third-order valence-electron chi connectivity index (χ3n) is 2.72. The van der Waals surface area contributed by atoms with E-state index < -0.39 is 6.03 Å². The summed E-state index contributed by atoms with van der Waals surface area (Å²) in [5.41, 5.74) is 8.61. The van der Waals surface area contributed by atoms with Crippen LogP contribution < -0.4 is 16.4 Å². The quantitative estimate of drug-likeness (QED) is 0.729. The lowest BCUT2D eigenvalue weighted by Gasteiger charge is -2.09. The van der Waals surface area contributed by atoms with Crippen molar-refractivity contribution < 1.29 is 4.79 Å². The minimum atomic E-state index is -0.407. The first-order valence-corrected chi connectivity index (χ1v) is 6.03. The van der Waals surface area contributed by atoms with Crippen LogP contribution in [0.2, 0.25) is 0 Å². The number of urea groups is 1. The van der Waals surface area contributed by atoms with Crippen molar-refractivity contribution in [3.8, 4) is 6.07 Å². The summed E-state index contributed by atoms with van der Waals surface area (Å²) in [5, 5.41) is 14.3. The summed E-state index contributed by atoms with van der Waals surface area (Å²) in [6, 6.07) is 13.7. The molecule has 0 atom stereocenters. The Bertz CT molecular complexity index is 671. The van der Waals surface area contributed by atoms with Gasteiger partial charge in [0.2, 0.25) is 0 Å². The highest BCUT2D eigenvalue weighted by atomic mass is 16.2. The zero-order chi connectivity index (χ0) is 14.5. The van der Waals surface area contributed by atoms with Gasteiger partial charge < -0.3 is 16.4 Å². The van der Waals surface area contributed by atoms with E-state index in [4.69, 9.17) is 11.0 Å². The second-order valence-electron chi connectivity index (χ2n) is 4.36. The van der Waals surface area contributed by atoms with Crippen molar-refractivity contribution in [3.05, 3.63) is 53.6 Å². The number of hydrogen-bond donors (Lipinski definition) is 3. The lowest BCUT2D eigenvalue weighted by atomic mass is 10.2. The molecule has 2 amide bonds. The number of amides is 2. The molecule has 0 aliphatic rings. The molecule has 2 aromatic carbocycles. The van der Waals surface area contributed by atoms with E-state index in [2.05, 4.69) is 10.6 Å². The van der Waals surface area contributed by atoms with Crippen LogP contribution in [-0.4, -0.2) is 6.03 Å². The molecule has 2 rings (SSSR count). The number of nitrogens with two attached hydrogens (primary N) is 1. The van der Waals surface area contributed by atoms with Gasteiger partial charge >= 0.3 is 6.03 Å². The molecule has 5 nitrogen and oxygen atoms in total. The number of carbonyl (C=O) groups excluding carboxylic acids is 1. The molecule has 0 aliphatic heterocycles. The summed E-state index contributed by atoms with van der Waals surface area (Å²) in [6.07, 6.45) is 0. The number of nitrogens with zero attached hydrogens (tertiary/aromatic N) is 1. The first kappa shape index (κ1) is 13.4. The summed E-state index contributed by atoms with van der Waals surface area (Å²) in [4.78, 5) is 11.9. The summed E-state index contributed by atoms with van der Waals surface area (Å²) in [7, 11) is 0. The summed E-state index contributed by atoms with van der Waals surface area (Å²) in [5.74, 6) is 0. The first-order valence-electron chi connectivity index (χ1n) is 6.03. The van der Waals surface area contributed by atoms with Crippen molar-refractivity contribution in [3.63, 3.8) is 0 Å². The van der Waals surface area contributed by atoms with Gasteiger partial charge in [0, 0.05) is 11.4 Å². The molecule has 0 radical (unpaired) electrons. The average Bonchev–Trinajstić information content (AvgIpc) is 2.43. The topological polar surface area (TPSA) is 90.9 Å². The van der Waals surface area contributed by atoms with Crippen molar-refractivity contribution in [2.75, 3.05) is 16.4 Å². The van der Waals surface area contributed by atoms with Crippen LogP contribution in [-0.2, 0) is 0 Å². The third kappa shape index (κ3) is 3.27. The Morgan fingerprint density at radius 1 is 1.15 bits per heavy atom. The van der Waals surface area contributed by atoms with Gasteiger partial charge in [0.05, 0.1) is 11.3 Å². The molecule has 0 aliphatic carbocycles. The van der Waals surface area contributed by atoms with E-state index in [-0.39, 0.29) is 0 Å². The minimum Gasteiger partial charge on any atom is -0.399 e. The van der Waals surface area contributed by atoms with E-state index in [1.165, 1.54) is 6.07 Å². The number of anilines is 3. The fourth-order valence-corrected chi connectivity index (χ4v) is 1.68. The molecular weight excluding hydrogens is 252 g/mol. The smallest absolute Gasteiger partial charge is 0.323 e. The third-order valence-corrected chi connectivity index (χ3v) is 2.72. The molecule has 0 saturated carbocycles. The lowest BCUT2D eigenvalue weighted by molar-refractivity contribution is 0.262. The average molecular weight is 266 g/mol. The molecule has 0 fully saturated rings. The van der Waals surface area contributed by atoms with E-state index >= 15 is 0 Å². The van der Waals surface area contributed by atoms with Crippen molar-refractivity contribution in [1.82, 2.24) is 0 Å². The Hall–Kier alpha value is -3.00. The van der Waals surface area contributed by atoms with Crippen LogP contribution in [0.5, 0.6) is 0 Å². The van der Waals surface area contributed by atoms with Gasteiger partial charge in [-0.25, -0.2) is 4.79 Å². The molecule has 20 heavy (non-hydrogen) atoms. The van der Waals surface area contributed by atoms with Gasteiger partial charge in [-0.1, -0.05) is 17.7 Å². The van der Waals surface area contributed by atoms with E-state index in [0.717, 1.165) is 5.56 Å². The van der Waals surface area contributed by atoms with Gasteiger partial charge in [-0.3, -0.25) is 0 Å². The number of nitrogen functional groups attached to an aromatic ring is 1. The van der Waals surface area contributed by atoms with Crippen LogP contribution in [0.15, 0.2) is 42.5 Å². The van der Waals surface area contributed by atoms with Crippen molar-refractivity contribution in [2.24, 2.45) is 0 Å².